The van der Waals surface area contributed by atoms with E-state index in [1.54, 1.807) is 6.92 Å². The Morgan fingerprint density at radius 1 is 1.42 bits per heavy atom. The summed E-state index contributed by atoms with van der Waals surface area (Å²) in [5, 5.41) is 11.3. The van der Waals surface area contributed by atoms with Crippen molar-refractivity contribution in [1.29, 1.82) is 0 Å². The topological polar surface area (TPSA) is 122 Å². The molecule has 0 fully saturated rings. The normalized spacial score (nSPS) is 13.4. The Morgan fingerprint density at radius 3 is 2.42 bits per heavy atom. The lowest BCUT2D eigenvalue weighted by molar-refractivity contribution is -0.139. The number of aliphatic carboxylic acids is 1. The number of rotatable bonds is 8. The van der Waals surface area contributed by atoms with E-state index in [1.165, 1.54) is 19.1 Å². The lowest BCUT2D eigenvalue weighted by atomic mass is 10.1. The van der Waals surface area contributed by atoms with Gasteiger partial charge in [0.1, 0.15) is 6.04 Å². The molecular weight excluding hydrogens is 254 g/mol. The molecule has 1 unspecified atom stereocenters. The summed E-state index contributed by atoms with van der Waals surface area (Å²) in [6.07, 6.45) is -0.141. The molecule has 0 aliphatic carbocycles. The van der Waals surface area contributed by atoms with E-state index in [4.69, 9.17) is 15.6 Å². The summed E-state index contributed by atoms with van der Waals surface area (Å²) in [6, 6.07) is -1.88. The summed E-state index contributed by atoms with van der Waals surface area (Å²) in [6.45, 7) is 2.10. The maximum Gasteiger partial charge on any atom is 0.326 e. The molecule has 0 aliphatic heterocycles. The molecule has 0 aliphatic rings. The monoisotopic (exact) mass is 275 g/mol. The molecule has 0 bridgehead atoms. The first-order chi connectivity index (χ1) is 8.79. The van der Waals surface area contributed by atoms with Gasteiger partial charge in [-0.15, -0.1) is 0 Å². The Balaban J connectivity index is 4.45. The van der Waals surface area contributed by atoms with E-state index in [9.17, 15) is 14.4 Å². The Kier molecular flexibility index (Phi) is 7.50. The number of hydrogen-bond donors (Lipinski definition) is 3. The van der Waals surface area contributed by atoms with Crippen LogP contribution in [0.25, 0.3) is 0 Å². The molecule has 110 valence electrons. The zero-order chi connectivity index (χ0) is 15.0. The van der Waals surface area contributed by atoms with Crippen LogP contribution in [0.3, 0.4) is 0 Å². The predicted molar refractivity (Wildman–Crippen MR) is 67.5 cm³/mol. The average Bonchev–Trinajstić information content (AvgIpc) is 2.32. The smallest absolute Gasteiger partial charge is 0.326 e. The molecule has 4 N–H and O–H groups in total. The Bertz CT molecular complexity index is 334. The van der Waals surface area contributed by atoms with Crippen LogP contribution >= 0.6 is 0 Å². The number of carbonyl (C=O) groups is 3. The summed E-state index contributed by atoms with van der Waals surface area (Å²) < 4.78 is 4.91. The van der Waals surface area contributed by atoms with Crippen LogP contribution in [0.2, 0.25) is 0 Å². The van der Waals surface area contributed by atoms with Crippen LogP contribution in [0, 0.1) is 0 Å². The second kappa shape index (κ2) is 8.30. The average molecular weight is 275 g/mol. The number of primary amides is 1. The minimum absolute atomic E-state index is 0.0388. The number of nitrogens with two attached hydrogens (primary N) is 1. The summed E-state index contributed by atoms with van der Waals surface area (Å²) >= 11 is 0. The third-order valence-corrected chi connectivity index (χ3v) is 2.66. The van der Waals surface area contributed by atoms with Crippen LogP contribution in [0.5, 0.6) is 0 Å². The van der Waals surface area contributed by atoms with Crippen LogP contribution < -0.4 is 11.1 Å². The molecule has 3 amide bonds. The number of carbonyl (C=O) groups excluding carboxylic acids is 2. The van der Waals surface area contributed by atoms with Crippen molar-refractivity contribution in [1.82, 2.24) is 10.2 Å². The number of carboxylic acids is 1. The molecule has 0 spiro atoms. The number of nitrogens with zero attached hydrogens (tertiary/aromatic N) is 1. The summed E-state index contributed by atoms with van der Waals surface area (Å²) in [5.41, 5.74) is 4.95. The van der Waals surface area contributed by atoms with E-state index >= 15 is 0 Å². The third kappa shape index (κ3) is 6.61. The highest BCUT2D eigenvalue weighted by molar-refractivity contribution is 5.83. The zero-order valence-electron chi connectivity index (χ0n) is 11.4. The standard InChI is InChI=1S/C11H21N3O5/c1-7(6-19-3)14(2)11(18)13-8(10(16)17)4-5-9(12)15/h7-8H,4-6H2,1-3H3,(H2,12,15)(H,13,18)(H,16,17)/t7?,8-/m0/s1. The number of nitrogens with one attached hydrogen (secondary N) is 1. The molecule has 0 aromatic carbocycles. The maximum absolute atomic E-state index is 11.8. The van der Waals surface area contributed by atoms with Crippen molar-refractivity contribution < 1.29 is 24.2 Å². The van der Waals surface area contributed by atoms with Gasteiger partial charge in [0, 0.05) is 20.6 Å². The minimum atomic E-state index is -1.21. The van der Waals surface area contributed by atoms with Gasteiger partial charge >= 0.3 is 12.0 Å². The van der Waals surface area contributed by atoms with E-state index in [0.29, 0.717) is 6.61 Å². The van der Waals surface area contributed by atoms with Crippen LogP contribution in [0.15, 0.2) is 0 Å². The van der Waals surface area contributed by atoms with Gasteiger partial charge in [-0.1, -0.05) is 0 Å². The van der Waals surface area contributed by atoms with Crippen molar-refractivity contribution in [3.63, 3.8) is 0 Å². The number of hydrogen-bond acceptors (Lipinski definition) is 4. The van der Waals surface area contributed by atoms with Gasteiger partial charge in [0.2, 0.25) is 5.91 Å². The second-order valence-corrected chi connectivity index (χ2v) is 4.26. The fourth-order valence-corrected chi connectivity index (χ4v) is 1.35. The van der Waals surface area contributed by atoms with Gasteiger partial charge in [0.15, 0.2) is 0 Å². The number of likely N-dealkylation sites (N-methyl/N-ethyl adjacent to an activating group) is 1. The fourth-order valence-electron chi connectivity index (χ4n) is 1.35. The quantitative estimate of drug-likeness (QED) is 0.545. The number of ether oxygens (including phenoxy) is 1. The lowest BCUT2D eigenvalue weighted by Crippen LogP contribution is -2.50. The summed E-state index contributed by atoms with van der Waals surface area (Å²) in [4.78, 5) is 34.7. The van der Waals surface area contributed by atoms with Gasteiger partial charge in [-0.3, -0.25) is 4.79 Å². The highest BCUT2D eigenvalue weighted by Gasteiger charge is 2.24. The number of carboxylic acid groups (broad SMARTS) is 1. The molecule has 19 heavy (non-hydrogen) atoms. The first-order valence-corrected chi connectivity index (χ1v) is 5.83. The van der Waals surface area contributed by atoms with E-state index in [1.807, 2.05) is 0 Å². The van der Waals surface area contributed by atoms with Gasteiger partial charge in [-0.2, -0.15) is 0 Å². The van der Waals surface area contributed by atoms with Gasteiger partial charge in [0.25, 0.3) is 0 Å². The van der Waals surface area contributed by atoms with Crippen molar-refractivity contribution >= 4 is 17.9 Å². The van der Waals surface area contributed by atoms with Gasteiger partial charge in [0.05, 0.1) is 12.6 Å². The lowest BCUT2D eigenvalue weighted by Gasteiger charge is -2.26. The zero-order valence-corrected chi connectivity index (χ0v) is 11.4. The Hall–Kier alpha value is -1.83. The van der Waals surface area contributed by atoms with E-state index in [2.05, 4.69) is 5.32 Å². The minimum Gasteiger partial charge on any atom is -0.480 e. The molecule has 0 heterocycles. The van der Waals surface area contributed by atoms with E-state index in [-0.39, 0.29) is 18.9 Å². The second-order valence-electron chi connectivity index (χ2n) is 4.26. The number of methoxy groups -OCH3 is 1. The maximum atomic E-state index is 11.8. The molecule has 0 rings (SSSR count). The predicted octanol–water partition coefficient (Wildman–Crippen LogP) is -0.619. The summed E-state index contributed by atoms with van der Waals surface area (Å²) in [5.74, 6) is -1.82. The fraction of sp³-hybridized carbons (Fsp3) is 0.727. The van der Waals surface area contributed by atoms with Crippen LogP contribution in [-0.4, -0.2) is 60.8 Å². The molecule has 0 radical (unpaired) electrons. The van der Waals surface area contributed by atoms with Crippen LogP contribution in [-0.2, 0) is 14.3 Å². The van der Waals surface area contributed by atoms with Gasteiger partial charge < -0.3 is 25.8 Å². The first-order valence-electron chi connectivity index (χ1n) is 5.83. The molecule has 8 heteroatoms. The third-order valence-electron chi connectivity index (χ3n) is 2.66. The molecule has 2 atom stereocenters. The molecule has 0 aromatic rings. The number of urea groups is 1. The van der Waals surface area contributed by atoms with Crippen molar-refractivity contribution in [3.8, 4) is 0 Å². The van der Waals surface area contributed by atoms with Crippen LogP contribution in [0.1, 0.15) is 19.8 Å². The summed E-state index contributed by atoms with van der Waals surface area (Å²) in [7, 11) is 3.04. The highest BCUT2D eigenvalue weighted by Crippen LogP contribution is 2.01. The Labute approximate surface area is 111 Å². The van der Waals surface area contributed by atoms with Crippen LogP contribution in [0.4, 0.5) is 4.79 Å². The molecule has 8 nitrogen and oxygen atoms in total. The van der Waals surface area contributed by atoms with Crippen molar-refractivity contribution in [2.45, 2.75) is 31.8 Å². The van der Waals surface area contributed by atoms with E-state index < -0.39 is 23.9 Å². The molecule has 0 saturated heterocycles. The largest absolute Gasteiger partial charge is 0.480 e. The first kappa shape index (κ1) is 17.2. The van der Waals surface area contributed by atoms with Crippen molar-refractivity contribution in [2.75, 3.05) is 20.8 Å². The molecule has 0 saturated carbocycles. The van der Waals surface area contributed by atoms with Gasteiger partial charge in [-0.25, -0.2) is 9.59 Å². The SMILES string of the molecule is COCC(C)N(C)C(=O)N[C@@H](CCC(N)=O)C(=O)O. The number of amides is 3. The van der Waals surface area contributed by atoms with Crippen molar-refractivity contribution in [2.24, 2.45) is 5.73 Å². The molecule has 0 aromatic heterocycles. The van der Waals surface area contributed by atoms with Gasteiger partial charge in [-0.05, 0) is 13.3 Å². The molecular formula is C11H21N3O5. The Morgan fingerprint density at radius 2 is 2.00 bits per heavy atom. The van der Waals surface area contributed by atoms with Crippen molar-refractivity contribution in [3.05, 3.63) is 0 Å². The highest BCUT2D eigenvalue weighted by atomic mass is 16.5. The van der Waals surface area contributed by atoms with E-state index in [0.717, 1.165) is 0 Å².